The Bertz CT molecular complexity index is 545. The van der Waals surface area contributed by atoms with E-state index in [1.165, 1.54) is 0 Å². The molecule has 2 N–H and O–H groups in total. The van der Waals surface area contributed by atoms with E-state index in [9.17, 15) is 8.42 Å². The maximum absolute atomic E-state index is 12.2. The first-order valence-corrected chi connectivity index (χ1v) is 7.94. The minimum atomic E-state index is -3.48. The predicted molar refractivity (Wildman–Crippen MR) is 69.0 cm³/mol. The molecule has 4 atom stereocenters. The molecule has 2 fully saturated rings. The molecular weight excluding hydrogens is 266 g/mol. The standard InChI is InChI=1S/C13H17NO4S/c15-7-6-10-11(8-12-13(10)18-12)14-19(16,17)9-4-2-1-3-5-9/h1-5,10-15H,6-8H2/t10-,11+,12-,13+/m1/s1. The molecule has 1 aromatic carbocycles. The lowest BCUT2D eigenvalue weighted by atomic mass is 10.00. The lowest BCUT2D eigenvalue weighted by molar-refractivity contribution is 0.187. The number of benzene rings is 1. The summed E-state index contributed by atoms with van der Waals surface area (Å²) in [5.74, 6) is 0.0773. The van der Waals surface area contributed by atoms with Crippen molar-refractivity contribution < 1.29 is 18.3 Å². The van der Waals surface area contributed by atoms with Gasteiger partial charge in [0.25, 0.3) is 0 Å². The lowest BCUT2D eigenvalue weighted by Crippen LogP contribution is -2.40. The highest BCUT2D eigenvalue weighted by Gasteiger charge is 2.55. The van der Waals surface area contributed by atoms with Crippen molar-refractivity contribution in [2.45, 2.75) is 36.0 Å². The highest BCUT2D eigenvalue weighted by molar-refractivity contribution is 7.89. The van der Waals surface area contributed by atoms with Crippen molar-refractivity contribution in [3.8, 4) is 0 Å². The van der Waals surface area contributed by atoms with Crippen LogP contribution in [0.4, 0.5) is 0 Å². The van der Waals surface area contributed by atoms with Gasteiger partial charge in [-0.05, 0) is 25.0 Å². The Labute approximate surface area is 112 Å². The zero-order chi connectivity index (χ0) is 13.5. The van der Waals surface area contributed by atoms with Gasteiger partial charge < -0.3 is 9.84 Å². The molecule has 0 amide bonds. The van der Waals surface area contributed by atoms with E-state index in [0.717, 1.165) is 0 Å². The van der Waals surface area contributed by atoms with E-state index in [1.54, 1.807) is 30.3 Å². The molecule has 1 saturated carbocycles. The van der Waals surface area contributed by atoms with Gasteiger partial charge in [-0.1, -0.05) is 18.2 Å². The molecule has 104 valence electrons. The number of hydrogen-bond acceptors (Lipinski definition) is 4. The lowest BCUT2D eigenvalue weighted by Gasteiger charge is -2.22. The number of aliphatic hydroxyl groups is 1. The zero-order valence-corrected chi connectivity index (χ0v) is 11.2. The molecule has 1 aliphatic carbocycles. The summed E-state index contributed by atoms with van der Waals surface area (Å²) >= 11 is 0. The molecule has 0 aromatic heterocycles. The van der Waals surface area contributed by atoms with E-state index in [0.29, 0.717) is 12.8 Å². The van der Waals surface area contributed by atoms with Crippen molar-refractivity contribution in [1.82, 2.24) is 4.72 Å². The number of ether oxygens (including phenoxy) is 1. The smallest absolute Gasteiger partial charge is 0.240 e. The van der Waals surface area contributed by atoms with E-state index in [4.69, 9.17) is 9.84 Å². The number of sulfonamides is 1. The summed E-state index contributed by atoms with van der Waals surface area (Å²) in [7, 11) is -3.48. The van der Waals surface area contributed by atoms with Gasteiger partial charge in [0, 0.05) is 18.6 Å². The summed E-state index contributed by atoms with van der Waals surface area (Å²) in [6.45, 7) is 0.0564. The Morgan fingerprint density at radius 3 is 2.74 bits per heavy atom. The molecule has 1 aromatic rings. The molecule has 1 saturated heterocycles. The average molecular weight is 283 g/mol. The van der Waals surface area contributed by atoms with Crippen LogP contribution in [0.15, 0.2) is 35.2 Å². The SMILES string of the molecule is O=S(=O)(N[C@H]1C[C@H]2O[C@H]2[C@@H]1CCO)c1ccccc1. The van der Waals surface area contributed by atoms with Gasteiger partial charge in [0.15, 0.2) is 0 Å². The Morgan fingerprint density at radius 1 is 1.32 bits per heavy atom. The Morgan fingerprint density at radius 2 is 2.05 bits per heavy atom. The molecule has 0 unspecified atom stereocenters. The van der Waals surface area contributed by atoms with E-state index in [1.807, 2.05) is 0 Å². The molecule has 3 rings (SSSR count). The molecule has 0 radical (unpaired) electrons. The minimum Gasteiger partial charge on any atom is -0.396 e. The fourth-order valence-corrected chi connectivity index (χ4v) is 4.21. The predicted octanol–water partition coefficient (Wildman–Crippen LogP) is 0.503. The largest absolute Gasteiger partial charge is 0.396 e. The monoisotopic (exact) mass is 283 g/mol. The van der Waals surface area contributed by atoms with Gasteiger partial charge in [0.2, 0.25) is 10.0 Å². The van der Waals surface area contributed by atoms with Crippen LogP contribution in [-0.2, 0) is 14.8 Å². The number of epoxide rings is 1. The van der Waals surface area contributed by atoms with Crippen molar-refractivity contribution in [3.05, 3.63) is 30.3 Å². The molecule has 19 heavy (non-hydrogen) atoms. The molecule has 0 spiro atoms. The van der Waals surface area contributed by atoms with Crippen LogP contribution in [0.25, 0.3) is 0 Å². The van der Waals surface area contributed by atoms with Gasteiger partial charge in [0.05, 0.1) is 17.1 Å². The molecule has 1 aliphatic heterocycles. The number of fused-ring (bicyclic) bond motifs is 1. The fourth-order valence-electron chi connectivity index (χ4n) is 2.89. The van der Waals surface area contributed by atoms with Gasteiger partial charge in [-0.3, -0.25) is 0 Å². The Balaban J connectivity index is 1.74. The average Bonchev–Trinajstić information content (AvgIpc) is 3.08. The summed E-state index contributed by atoms with van der Waals surface area (Å²) in [6, 6.07) is 8.21. The third-order valence-electron chi connectivity index (χ3n) is 3.87. The van der Waals surface area contributed by atoms with Crippen LogP contribution in [0.5, 0.6) is 0 Å². The molecule has 6 heteroatoms. The first kappa shape index (κ1) is 13.1. The van der Waals surface area contributed by atoms with Crippen molar-refractivity contribution in [2.75, 3.05) is 6.61 Å². The highest BCUT2D eigenvalue weighted by Crippen LogP contribution is 2.45. The van der Waals surface area contributed by atoms with Gasteiger partial charge in [-0.15, -0.1) is 0 Å². The third-order valence-corrected chi connectivity index (χ3v) is 5.38. The van der Waals surface area contributed by atoms with Crippen LogP contribution >= 0.6 is 0 Å². The maximum Gasteiger partial charge on any atom is 0.240 e. The number of aliphatic hydroxyl groups excluding tert-OH is 1. The second-order valence-electron chi connectivity index (χ2n) is 5.09. The van der Waals surface area contributed by atoms with E-state index >= 15 is 0 Å². The van der Waals surface area contributed by atoms with Crippen LogP contribution < -0.4 is 4.72 Å². The second-order valence-corrected chi connectivity index (χ2v) is 6.81. The topological polar surface area (TPSA) is 78.9 Å². The highest BCUT2D eigenvalue weighted by atomic mass is 32.2. The second kappa shape index (κ2) is 4.86. The van der Waals surface area contributed by atoms with Gasteiger partial charge >= 0.3 is 0 Å². The van der Waals surface area contributed by atoms with Crippen LogP contribution in [-0.4, -0.2) is 38.4 Å². The summed E-state index contributed by atoms with van der Waals surface area (Å²) in [6.07, 6.45) is 1.56. The zero-order valence-electron chi connectivity index (χ0n) is 10.4. The first-order valence-electron chi connectivity index (χ1n) is 6.45. The Kier molecular flexibility index (Phi) is 3.34. The van der Waals surface area contributed by atoms with E-state index in [-0.39, 0.29) is 35.7 Å². The van der Waals surface area contributed by atoms with Crippen molar-refractivity contribution in [2.24, 2.45) is 5.92 Å². The number of rotatable bonds is 5. The summed E-state index contributed by atoms with van der Waals surface area (Å²) in [4.78, 5) is 0.277. The molecule has 2 aliphatic rings. The Hall–Kier alpha value is -0.950. The fraction of sp³-hybridized carbons (Fsp3) is 0.538. The summed E-state index contributed by atoms with van der Waals surface area (Å²) < 4.78 is 32.7. The molecular formula is C13H17NO4S. The normalized spacial score (nSPS) is 33.1. The third kappa shape index (κ3) is 2.53. The minimum absolute atomic E-state index is 0.0564. The van der Waals surface area contributed by atoms with Gasteiger partial charge in [0.1, 0.15) is 0 Å². The first-order chi connectivity index (χ1) is 9.12. The van der Waals surface area contributed by atoms with Crippen LogP contribution in [0.2, 0.25) is 0 Å². The van der Waals surface area contributed by atoms with E-state index < -0.39 is 10.0 Å². The van der Waals surface area contributed by atoms with Crippen LogP contribution in [0.3, 0.4) is 0 Å². The van der Waals surface area contributed by atoms with Crippen molar-refractivity contribution >= 4 is 10.0 Å². The van der Waals surface area contributed by atoms with Crippen molar-refractivity contribution in [1.29, 1.82) is 0 Å². The molecule has 0 bridgehead atoms. The van der Waals surface area contributed by atoms with Gasteiger partial charge in [-0.25, -0.2) is 13.1 Å². The van der Waals surface area contributed by atoms with E-state index in [2.05, 4.69) is 4.72 Å². The number of nitrogens with one attached hydrogen (secondary N) is 1. The summed E-state index contributed by atoms with van der Waals surface area (Å²) in [5.41, 5.74) is 0. The summed E-state index contributed by atoms with van der Waals surface area (Å²) in [5, 5.41) is 9.06. The van der Waals surface area contributed by atoms with Crippen LogP contribution in [0, 0.1) is 5.92 Å². The molecule has 5 nitrogen and oxygen atoms in total. The number of hydrogen-bond donors (Lipinski definition) is 2. The van der Waals surface area contributed by atoms with Crippen LogP contribution in [0.1, 0.15) is 12.8 Å². The van der Waals surface area contributed by atoms with Crippen molar-refractivity contribution in [3.63, 3.8) is 0 Å². The van der Waals surface area contributed by atoms with Gasteiger partial charge in [-0.2, -0.15) is 0 Å². The molecule has 1 heterocycles. The maximum atomic E-state index is 12.2. The quantitative estimate of drug-likeness (QED) is 0.771.